The van der Waals surface area contributed by atoms with Crippen LogP contribution in [0.1, 0.15) is 126 Å². The fourth-order valence-electron chi connectivity index (χ4n) is 4.34. The van der Waals surface area contributed by atoms with Crippen molar-refractivity contribution in [3.63, 3.8) is 0 Å². The van der Waals surface area contributed by atoms with Crippen LogP contribution < -0.4 is 0 Å². The first-order valence-electron chi connectivity index (χ1n) is 12.4. The number of esters is 1. The smallest absolute Gasteiger partial charge is 0.315 e. The van der Waals surface area contributed by atoms with Crippen LogP contribution in [0.25, 0.3) is 0 Å². The van der Waals surface area contributed by atoms with Gasteiger partial charge in [-0.25, -0.2) is 0 Å². The van der Waals surface area contributed by atoms with E-state index in [0.29, 0.717) is 6.61 Å². The lowest BCUT2D eigenvalue weighted by Gasteiger charge is -2.25. The number of pyridine rings is 1. The summed E-state index contributed by atoms with van der Waals surface area (Å²) >= 11 is 0. The highest BCUT2D eigenvalue weighted by Crippen LogP contribution is 2.33. The quantitative estimate of drug-likeness (QED) is 0.247. The Morgan fingerprint density at radius 2 is 1.69 bits per heavy atom. The number of carbonyl (C=O) groups is 1. The molecule has 164 valence electrons. The number of ether oxygens (including phenoxy) is 1. The number of aryl methyl sites for hydroxylation is 3. The Morgan fingerprint density at radius 1 is 0.966 bits per heavy atom. The van der Waals surface area contributed by atoms with Crippen molar-refractivity contribution in [2.24, 2.45) is 0 Å². The summed E-state index contributed by atoms with van der Waals surface area (Å²) < 4.78 is 5.65. The number of hydrogen-bond acceptors (Lipinski definition) is 3. The molecule has 3 heteroatoms. The van der Waals surface area contributed by atoms with Crippen LogP contribution in [0.3, 0.4) is 0 Å². The molecule has 1 aliphatic rings. The van der Waals surface area contributed by atoms with Gasteiger partial charge in [0.1, 0.15) is 0 Å². The Hall–Kier alpha value is -1.38. The molecule has 0 N–H and O–H groups in total. The summed E-state index contributed by atoms with van der Waals surface area (Å²) in [5, 5.41) is 0. The SMILES string of the molecule is CCCCCCOC(=O)C1CCCc2cc(CCCCCC)c(CCCC)nc21. The van der Waals surface area contributed by atoms with Crippen molar-refractivity contribution in [1.29, 1.82) is 0 Å². The van der Waals surface area contributed by atoms with E-state index in [1.54, 1.807) is 0 Å². The molecular weight excluding hydrogens is 358 g/mol. The van der Waals surface area contributed by atoms with Gasteiger partial charge in [0, 0.05) is 5.69 Å². The molecule has 29 heavy (non-hydrogen) atoms. The van der Waals surface area contributed by atoms with Crippen LogP contribution in [0.2, 0.25) is 0 Å². The Kier molecular flexibility index (Phi) is 11.3. The monoisotopic (exact) mass is 401 g/mol. The fourth-order valence-corrected chi connectivity index (χ4v) is 4.34. The van der Waals surface area contributed by atoms with E-state index in [4.69, 9.17) is 9.72 Å². The van der Waals surface area contributed by atoms with Crippen LogP contribution in [0.15, 0.2) is 6.07 Å². The maximum Gasteiger partial charge on any atom is 0.315 e. The zero-order valence-corrected chi connectivity index (χ0v) is 19.2. The molecule has 1 unspecified atom stereocenters. The second-order valence-electron chi connectivity index (χ2n) is 8.73. The van der Waals surface area contributed by atoms with Gasteiger partial charge in [-0.05, 0) is 62.5 Å². The molecule has 0 bridgehead atoms. The van der Waals surface area contributed by atoms with Crippen molar-refractivity contribution in [1.82, 2.24) is 4.98 Å². The van der Waals surface area contributed by atoms with Crippen LogP contribution in [-0.4, -0.2) is 17.6 Å². The summed E-state index contributed by atoms with van der Waals surface area (Å²) in [6.07, 6.45) is 17.2. The van der Waals surface area contributed by atoms with Gasteiger partial charge in [-0.2, -0.15) is 0 Å². The highest BCUT2D eigenvalue weighted by molar-refractivity contribution is 5.78. The van der Waals surface area contributed by atoms with Crippen LogP contribution >= 0.6 is 0 Å². The fraction of sp³-hybridized carbons (Fsp3) is 0.769. The molecule has 0 fully saturated rings. The van der Waals surface area contributed by atoms with Crippen molar-refractivity contribution in [2.45, 2.75) is 123 Å². The molecular formula is C26H43NO2. The maximum atomic E-state index is 12.8. The highest BCUT2D eigenvalue weighted by atomic mass is 16.5. The average Bonchev–Trinajstić information content (AvgIpc) is 2.74. The van der Waals surface area contributed by atoms with E-state index in [0.717, 1.165) is 50.6 Å². The second kappa shape index (κ2) is 13.8. The van der Waals surface area contributed by atoms with Gasteiger partial charge in [-0.3, -0.25) is 9.78 Å². The van der Waals surface area contributed by atoms with Crippen molar-refractivity contribution >= 4 is 5.97 Å². The summed E-state index contributed by atoms with van der Waals surface area (Å²) in [4.78, 5) is 17.9. The minimum Gasteiger partial charge on any atom is -0.465 e. The molecule has 1 aromatic heterocycles. The number of hydrogen-bond donors (Lipinski definition) is 0. The third-order valence-electron chi connectivity index (χ3n) is 6.17. The Morgan fingerprint density at radius 3 is 2.41 bits per heavy atom. The van der Waals surface area contributed by atoms with Crippen molar-refractivity contribution in [2.75, 3.05) is 6.61 Å². The standard InChI is InChI=1S/C26H43NO2/c1-4-7-10-12-15-21-20-22-16-14-17-23(25(22)27-24(21)18-9-6-3)26(28)29-19-13-11-8-5-2/h20,23H,4-19H2,1-3H3. The summed E-state index contributed by atoms with van der Waals surface area (Å²) in [7, 11) is 0. The summed E-state index contributed by atoms with van der Waals surface area (Å²) in [6, 6.07) is 2.39. The highest BCUT2D eigenvalue weighted by Gasteiger charge is 2.30. The molecule has 0 spiro atoms. The number of carbonyl (C=O) groups excluding carboxylic acids is 1. The summed E-state index contributed by atoms with van der Waals surface area (Å²) in [5.74, 6) is -0.202. The number of unbranched alkanes of at least 4 members (excludes halogenated alkanes) is 7. The largest absolute Gasteiger partial charge is 0.465 e. The molecule has 0 aromatic carbocycles. The third-order valence-corrected chi connectivity index (χ3v) is 6.17. The van der Waals surface area contributed by atoms with Crippen molar-refractivity contribution in [3.8, 4) is 0 Å². The molecule has 3 nitrogen and oxygen atoms in total. The molecule has 0 radical (unpaired) electrons. The second-order valence-corrected chi connectivity index (χ2v) is 8.73. The summed E-state index contributed by atoms with van der Waals surface area (Å²) in [5.41, 5.74) is 5.00. The van der Waals surface area contributed by atoms with Crippen LogP contribution in [0.5, 0.6) is 0 Å². The zero-order chi connectivity index (χ0) is 20.9. The predicted molar refractivity (Wildman–Crippen MR) is 121 cm³/mol. The number of rotatable bonds is 14. The van der Waals surface area contributed by atoms with Gasteiger partial charge in [0.05, 0.1) is 18.2 Å². The van der Waals surface area contributed by atoms with E-state index < -0.39 is 0 Å². The molecule has 0 aliphatic heterocycles. The summed E-state index contributed by atoms with van der Waals surface area (Å²) in [6.45, 7) is 7.25. The van der Waals surface area contributed by atoms with E-state index >= 15 is 0 Å². The van der Waals surface area contributed by atoms with Crippen molar-refractivity contribution in [3.05, 3.63) is 28.6 Å². The molecule has 0 saturated heterocycles. The van der Waals surface area contributed by atoms with Gasteiger partial charge < -0.3 is 4.74 Å². The zero-order valence-electron chi connectivity index (χ0n) is 19.2. The molecule has 0 amide bonds. The first-order chi connectivity index (χ1) is 14.2. The van der Waals surface area contributed by atoms with Gasteiger partial charge in [0.25, 0.3) is 0 Å². The number of nitrogens with zero attached hydrogens (tertiary/aromatic N) is 1. The molecule has 1 heterocycles. The number of fused-ring (bicyclic) bond motifs is 1. The Balaban J connectivity index is 2.09. The lowest BCUT2D eigenvalue weighted by molar-refractivity contribution is -0.146. The number of aromatic nitrogens is 1. The first kappa shape index (κ1) is 23.9. The third kappa shape index (κ3) is 7.75. The average molecular weight is 402 g/mol. The predicted octanol–water partition coefficient (Wildman–Crippen LogP) is 7.09. The van der Waals surface area contributed by atoms with Gasteiger partial charge in [0.15, 0.2) is 0 Å². The van der Waals surface area contributed by atoms with Gasteiger partial charge >= 0.3 is 5.97 Å². The lowest BCUT2D eigenvalue weighted by Crippen LogP contribution is -2.23. The lowest BCUT2D eigenvalue weighted by atomic mass is 9.84. The van der Waals surface area contributed by atoms with Crippen LogP contribution in [0, 0.1) is 0 Å². The van der Waals surface area contributed by atoms with Gasteiger partial charge in [0.2, 0.25) is 0 Å². The molecule has 1 atom stereocenters. The van der Waals surface area contributed by atoms with Crippen LogP contribution in [0.4, 0.5) is 0 Å². The van der Waals surface area contributed by atoms with E-state index in [9.17, 15) is 4.79 Å². The maximum absolute atomic E-state index is 12.8. The van der Waals surface area contributed by atoms with E-state index in [-0.39, 0.29) is 11.9 Å². The van der Waals surface area contributed by atoms with Crippen molar-refractivity contribution < 1.29 is 9.53 Å². The van der Waals surface area contributed by atoms with E-state index in [1.165, 1.54) is 68.2 Å². The van der Waals surface area contributed by atoms with E-state index in [1.807, 2.05) is 0 Å². The topological polar surface area (TPSA) is 39.2 Å². The molecule has 2 rings (SSSR count). The van der Waals surface area contributed by atoms with Crippen LogP contribution in [-0.2, 0) is 28.8 Å². The minimum atomic E-state index is -0.153. The Labute approximate surface area is 179 Å². The van der Waals surface area contributed by atoms with Gasteiger partial charge in [-0.1, -0.05) is 71.8 Å². The molecule has 1 aliphatic carbocycles. The molecule has 1 aromatic rings. The van der Waals surface area contributed by atoms with E-state index in [2.05, 4.69) is 26.8 Å². The first-order valence-corrected chi connectivity index (χ1v) is 12.4. The normalized spacial score (nSPS) is 15.9. The van der Waals surface area contributed by atoms with Gasteiger partial charge in [-0.15, -0.1) is 0 Å². The molecule has 0 saturated carbocycles. The minimum absolute atomic E-state index is 0.0490. The Bertz CT molecular complexity index is 611.